The van der Waals surface area contributed by atoms with Crippen LogP contribution in [0.3, 0.4) is 0 Å². The van der Waals surface area contributed by atoms with Gasteiger partial charge in [0.25, 0.3) is 11.8 Å². The molecule has 5 rings (SSSR count). The number of aromatic nitrogens is 1. The van der Waals surface area contributed by atoms with Gasteiger partial charge in [-0.3, -0.25) is 14.4 Å². The molecule has 12 heteroatoms. The van der Waals surface area contributed by atoms with E-state index in [1.54, 1.807) is 9.47 Å². The highest BCUT2D eigenvalue weighted by Crippen LogP contribution is 2.46. The molecule has 1 aromatic heterocycles. The van der Waals surface area contributed by atoms with Gasteiger partial charge in [-0.05, 0) is 48.2 Å². The molecule has 1 N–H and O–H groups in total. The predicted octanol–water partition coefficient (Wildman–Crippen LogP) is 4.28. The topological polar surface area (TPSA) is 102 Å². The Bertz CT molecular complexity index is 1410. The zero-order chi connectivity index (χ0) is 27.9. The maximum absolute atomic E-state index is 14.2. The van der Waals surface area contributed by atoms with E-state index in [4.69, 9.17) is 9.57 Å². The van der Waals surface area contributed by atoms with Gasteiger partial charge in [0.15, 0.2) is 17.0 Å². The Morgan fingerprint density at radius 3 is 2.82 bits per heavy atom. The van der Waals surface area contributed by atoms with Crippen molar-refractivity contribution in [3.63, 3.8) is 0 Å². The van der Waals surface area contributed by atoms with Crippen molar-refractivity contribution in [2.45, 2.75) is 70.2 Å². The normalized spacial score (nSPS) is 23.7. The van der Waals surface area contributed by atoms with Gasteiger partial charge in [-0.25, -0.2) is 8.78 Å². The van der Waals surface area contributed by atoms with Crippen molar-refractivity contribution >= 4 is 32.4 Å². The Balaban J connectivity index is 1.59. The average molecular weight is 607 g/mol. The number of ether oxygens (including phenoxy) is 1. The van der Waals surface area contributed by atoms with E-state index in [0.717, 1.165) is 18.6 Å². The van der Waals surface area contributed by atoms with Gasteiger partial charge in [0, 0.05) is 43.4 Å². The second-order valence-electron chi connectivity index (χ2n) is 10.2. The summed E-state index contributed by atoms with van der Waals surface area (Å²) < 4.78 is 35.6. The summed E-state index contributed by atoms with van der Waals surface area (Å²) in [4.78, 5) is 48.4. The van der Waals surface area contributed by atoms with Crippen LogP contribution in [-0.2, 0) is 11.4 Å². The Kier molecular flexibility index (Phi) is 7.49. The van der Waals surface area contributed by atoms with Crippen LogP contribution in [0.25, 0.3) is 0 Å². The van der Waals surface area contributed by atoms with Gasteiger partial charge in [0.2, 0.25) is 5.43 Å². The summed E-state index contributed by atoms with van der Waals surface area (Å²) in [5.41, 5.74) is -1.63. The Morgan fingerprint density at radius 1 is 1.33 bits per heavy atom. The van der Waals surface area contributed by atoms with Crippen LogP contribution < -0.4 is 15.5 Å². The first-order valence-corrected chi connectivity index (χ1v) is 13.8. The zero-order valence-corrected chi connectivity index (χ0v) is 23.2. The van der Waals surface area contributed by atoms with Gasteiger partial charge < -0.3 is 24.4 Å². The van der Waals surface area contributed by atoms with Gasteiger partial charge in [0.1, 0.15) is 21.8 Å². The highest BCUT2D eigenvalue weighted by atomic mass is 79.9. The van der Waals surface area contributed by atoms with Crippen molar-refractivity contribution in [3.05, 3.63) is 63.1 Å². The summed E-state index contributed by atoms with van der Waals surface area (Å²) in [6.45, 7) is 4.16. The van der Waals surface area contributed by atoms with Crippen molar-refractivity contribution < 1.29 is 27.9 Å². The largest absolute Gasteiger partial charge is 0.487 e. The summed E-state index contributed by atoms with van der Waals surface area (Å²) in [5.74, 6) is -2.86. The molecule has 0 unspecified atom stereocenters. The molecule has 0 radical (unpaired) electrons. The molecule has 1 spiro atoms. The predicted molar refractivity (Wildman–Crippen MR) is 142 cm³/mol. The first kappa shape index (κ1) is 27.3. The molecule has 3 aliphatic rings. The average Bonchev–Trinajstić information content (AvgIpc) is 3.23. The number of amides is 2. The van der Waals surface area contributed by atoms with Crippen LogP contribution in [0.15, 0.2) is 34.3 Å². The summed E-state index contributed by atoms with van der Waals surface area (Å²) in [5, 5.41) is 6.68. The number of pyridine rings is 1. The lowest BCUT2D eigenvalue weighted by Gasteiger charge is -2.42. The summed E-state index contributed by atoms with van der Waals surface area (Å²) in [6, 6.07) is 2.47. The monoisotopic (exact) mass is 606 g/mol. The highest BCUT2D eigenvalue weighted by Gasteiger charge is 2.54. The molecular weight excluding hydrogens is 578 g/mol. The molecular formula is C27H29BrF2N4O5. The smallest absolute Gasteiger partial charge is 0.274 e. The van der Waals surface area contributed by atoms with Crippen LogP contribution >= 0.6 is 15.9 Å². The molecule has 1 aromatic carbocycles. The number of nitrogens with one attached hydrogen (secondary N) is 1. The molecule has 2 aromatic rings. The number of unbranched alkanes of at least 4 members (excludes halogenated alkanes) is 1. The van der Waals surface area contributed by atoms with Crippen molar-refractivity contribution in [1.82, 2.24) is 14.8 Å². The lowest BCUT2D eigenvalue weighted by atomic mass is 9.86. The molecule has 9 nitrogen and oxygen atoms in total. The van der Waals surface area contributed by atoms with E-state index in [1.807, 2.05) is 13.8 Å². The fourth-order valence-corrected chi connectivity index (χ4v) is 5.99. The van der Waals surface area contributed by atoms with E-state index >= 15 is 0 Å². The minimum Gasteiger partial charge on any atom is -0.487 e. The third-order valence-corrected chi connectivity index (χ3v) is 8.13. The van der Waals surface area contributed by atoms with Gasteiger partial charge in [-0.15, -0.1) is 0 Å². The first-order valence-electron chi connectivity index (χ1n) is 13.0. The lowest BCUT2D eigenvalue weighted by molar-refractivity contribution is -0.0656. The number of hydrogen-bond donors (Lipinski definition) is 1. The van der Waals surface area contributed by atoms with Crippen molar-refractivity contribution in [1.29, 1.82) is 0 Å². The number of halogens is 3. The number of carbonyl (C=O) groups is 2. The van der Waals surface area contributed by atoms with Crippen molar-refractivity contribution in [2.24, 2.45) is 5.16 Å². The zero-order valence-electron chi connectivity index (χ0n) is 21.6. The number of benzene rings is 1. The number of nitrogens with zero attached hydrogens (tertiary/aromatic N) is 3. The maximum atomic E-state index is 14.2. The SMILES string of the molecule is CCCCOc1c2n(cc(C(=O)NCc3ccc(F)cc3F)c1=O)[C@@H]1CN(C2=O)[C@@H](C)CC[C@]12CC(Br)=NO2. The molecule has 3 atom stereocenters. The van der Waals surface area contributed by atoms with E-state index in [9.17, 15) is 23.2 Å². The molecule has 1 saturated heterocycles. The molecule has 2 amide bonds. The lowest BCUT2D eigenvalue weighted by Crippen LogP contribution is -2.52. The van der Waals surface area contributed by atoms with Crippen molar-refractivity contribution in [2.75, 3.05) is 13.2 Å². The Labute approximate surface area is 232 Å². The number of carbonyl (C=O) groups excluding carboxylic acids is 2. The standard InChI is InChI=1S/C27H29BrF2N4O5/c1-3-4-9-38-24-22-26(37)33-14-20(27(8-7-15(33)2)11-21(28)32-39-27)34(22)13-18(23(24)35)25(36)31-12-16-5-6-17(29)10-19(16)30/h5-6,10,13,15,20H,3-4,7-9,11-12,14H2,1-2H3,(H,31,36)/t15-,20+,27-/m0/s1. The number of hydrogen-bond acceptors (Lipinski definition) is 6. The van der Waals surface area contributed by atoms with E-state index in [2.05, 4.69) is 26.4 Å². The van der Waals surface area contributed by atoms with E-state index in [1.165, 1.54) is 12.3 Å². The second kappa shape index (κ2) is 10.7. The molecule has 3 aliphatic heterocycles. The molecule has 4 heterocycles. The minimum absolute atomic E-state index is 0.0612. The Morgan fingerprint density at radius 2 is 2.13 bits per heavy atom. The number of fused-ring (bicyclic) bond motifs is 5. The second-order valence-corrected chi connectivity index (χ2v) is 11.2. The Hall–Kier alpha value is -3.28. The third-order valence-electron chi connectivity index (χ3n) is 7.70. The number of oxime groups is 1. The third kappa shape index (κ3) is 4.94. The van der Waals surface area contributed by atoms with E-state index in [0.29, 0.717) is 36.8 Å². The van der Waals surface area contributed by atoms with Crippen molar-refractivity contribution in [3.8, 4) is 5.75 Å². The van der Waals surface area contributed by atoms with Crippen LogP contribution in [0, 0.1) is 11.6 Å². The molecule has 208 valence electrons. The minimum atomic E-state index is -0.815. The fourth-order valence-electron chi connectivity index (χ4n) is 5.45. The van der Waals surface area contributed by atoms with E-state index in [-0.39, 0.29) is 47.7 Å². The first-order chi connectivity index (χ1) is 18.6. The van der Waals surface area contributed by atoms with Crippen LogP contribution in [0.4, 0.5) is 8.78 Å². The summed E-state index contributed by atoms with van der Waals surface area (Å²) in [6.07, 6.45) is 4.55. The summed E-state index contributed by atoms with van der Waals surface area (Å²) in [7, 11) is 0. The molecule has 0 aliphatic carbocycles. The van der Waals surface area contributed by atoms with Gasteiger partial charge in [-0.1, -0.05) is 24.6 Å². The van der Waals surface area contributed by atoms with Gasteiger partial charge in [0.05, 0.1) is 12.6 Å². The number of rotatable bonds is 7. The highest BCUT2D eigenvalue weighted by molar-refractivity contribution is 9.18. The molecule has 39 heavy (non-hydrogen) atoms. The molecule has 1 fully saturated rings. The maximum Gasteiger partial charge on any atom is 0.274 e. The fraction of sp³-hybridized carbons (Fsp3) is 0.481. The van der Waals surface area contributed by atoms with Crippen LogP contribution in [0.1, 0.15) is 78.4 Å². The quantitative estimate of drug-likeness (QED) is 0.474. The molecule has 0 saturated carbocycles. The van der Waals surface area contributed by atoms with Crippen LogP contribution in [0.5, 0.6) is 5.75 Å². The van der Waals surface area contributed by atoms with Gasteiger partial charge >= 0.3 is 0 Å². The van der Waals surface area contributed by atoms with Gasteiger partial charge in [-0.2, -0.15) is 0 Å². The van der Waals surface area contributed by atoms with Crippen LogP contribution in [-0.4, -0.2) is 50.7 Å². The van der Waals surface area contributed by atoms with Crippen LogP contribution in [0.2, 0.25) is 0 Å². The summed E-state index contributed by atoms with van der Waals surface area (Å²) >= 11 is 3.43. The molecule has 2 bridgehead atoms. The van der Waals surface area contributed by atoms with E-state index < -0.39 is 34.6 Å².